The highest BCUT2D eigenvalue weighted by Crippen LogP contribution is 2.46. The Morgan fingerprint density at radius 3 is 2.86 bits per heavy atom. The average Bonchev–Trinajstić information content (AvgIpc) is 3.50. The van der Waals surface area contributed by atoms with Crippen molar-refractivity contribution in [1.82, 2.24) is 19.4 Å². The number of carbonyl (C=O) groups excluding carboxylic acids is 1. The Balaban J connectivity index is 1.34. The molecule has 7 heteroatoms. The highest BCUT2D eigenvalue weighted by Gasteiger charge is 2.55. The van der Waals surface area contributed by atoms with Crippen molar-refractivity contribution in [3.63, 3.8) is 0 Å². The van der Waals surface area contributed by atoms with Crippen molar-refractivity contribution in [2.75, 3.05) is 19.6 Å². The van der Waals surface area contributed by atoms with E-state index in [0.717, 1.165) is 63.3 Å². The molecule has 2 fully saturated rings. The molecule has 3 aliphatic rings. The number of aryl methyl sites for hydroxylation is 2. The molecule has 0 radical (unpaired) electrons. The summed E-state index contributed by atoms with van der Waals surface area (Å²) in [5, 5.41) is 2.88. The number of fused-ring (bicyclic) bond motifs is 2. The molecule has 2 N–H and O–H groups in total. The molecule has 1 spiro atoms. The quantitative estimate of drug-likeness (QED) is 0.572. The fraction of sp³-hybridized carbons (Fsp3) is 0.464. The summed E-state index contributed by atoms with van der Waals surface area (Å²) in [6.45, 7) is 2.52. The predicted octanol–water partition coefficient (Wildman–Crippen LogP) is 3.38. The van der Waals surface area contributed by atoms with Gasteiger partial charge in [-0.1, -0.05) is 48.0 Å². The third kappa shape index (κ3) is 3.87. The first kappa shape index (κ1) is 22.7. The molecule has 2 saturated heterocycles. The predicted molar refractivity (Wildman–Crippen MR) is 135 cm³/mol. The van der Waals surface area contributed by atoms with Gasteiger partial charge in [-0.15, -0.1) is 0 Å². The van der Waals surface area contributed by atoms with Crippen molar-refractivity contribution in [2.45, 2.75) is 49.5 Å². The number of piperidine rings is 1. The van der Waals surface area contributed by atoms with E-state index in [1.54, 1.807) is 0 Å². The fourth-order valence-corrected chi connectivity index (χ4v) is 7.18. The van der Waals surface area contributed by atoms with Crippen LogP contribution in [0.5, 0.6) is 0 Å². The maximum Gasteiger partial charge on any atom is 0.233 e. The van der Waals surface area contributed by atoms with Gasteiger partial charge in [0.2, 0.25) is 5.91 Å². The first-order valence-corrected chi connectivity index (χ1v) is 13.2. The molecule has 6 rings (SSSR count). The van der Waals surface area contributed by atoms with E-state index in [9.17, 15) is 4.79 Å². The third-order valence-electron chi connectivity index (χ3n) is 8.70. The maximum absolute atomic E-state index is 14.4. The monoisotopic (exact) mass is 490 g/mol. The van der Waals surface area contributed by atoms with E-state index in [0.29, 0.717) is 11.1 Å². The second-order valence-corrected chi connectivity index (χ2v) is 10.9. The van der Waals surface area contributed by atoms with Crippen molar-refractivity contribution in [3.05, 3.63) is 82.7 Å². The Morgan fingerprint density at radius 1 is 1.20 bits per heavy atom. The molecular formula is C28H33ClN5O+. The van der Waals surface area contributed by atoms with E-state index in [2.05, 4.69) is 56.2 Å². The smallest absolute Gasteiger partial charge is 0.233 e. The van der Waals surface area contributed by atoms with Crippen LogP contribution in [0.25, 0.3) is 0 Å². The number of hydrogen-bond donors (Lipinski definition) is 1. The van der Waals surface area contributed by atoms with E-state index in [1.807, 2.05) is 25.5 Å². The lowest BCUT2D eigenvalue weighted by molar-refractivity contribution is -0.640. The number of imidazole rings is 1. The molecule has 35 heavy (non-hydrogen) atoms. The summed E-state index contributed by atoms with van der Waals surface area (Å²) in [6, 6.07) is 14.7. The van der Waals surface area contributed by atoms with Gasteiger partial charge in [-0.2, -0.15) is 0 Å². The van der Waals surface area contributed by atoms with Crippen LogP contribution in [0.1, 0.15) is 60.3 Å². The lowest BCUT2D eigenvalue weighted by Crippen LogP contribution is -2.82. The number of nitrogens with two attached hydrogens (primary N) is 1. The summed E-state index contributed by atoms with van der Waals surface area (Å²) in [6.07, 6.45) is 8.74. The first-order valence-electron chi connectivity index (χ1n) is 12.9. The summed E-state index contributed by atoms with van der Waals surface area (Å²) < 4.78 is 2.08. The number of carbonyl (C=O) groups is 1. The molecule has 0 bridgehead atoms. The van der Waals surface area contributed by atoms with Gasteiger partial charge in [0.05, 0.1) is 24.5 Å². The molecule has 0 saturated carbocycles. The van der Waals surface area contributed by atoms with E-state index in [4.69, 9.17) is 16.6 Å². The van der Waals surface area contributed by atoms with Crippen molar-refractivity contribution >= 4 is 17.5 Å². The Bertz CT molecular complexity index is 1230. The molecule has 6 nitrogen and oxygen atoms in total. The lowest BCUT2D eigenvalue weighted by atomic mass is 9.65. The van der Waals surface area contributed by atoms with Gasteiger partial charge in [-0.05, 0) is 55.2 Å². The number of quaternary nitrogens is 1. The average molecular weight is 491 g/mol. The summed E-state index contributed by atoms with van der Waals surface area (Å²) in [4.78, 5) is 26.0. The van der Waals surface area contributed by atoms with Gasteiger partial charge in [0, 0.05) is 31.7 Å². The van der Waals surface area contributed by atoms with E-state index in [1.165, 1.54) is 11.1 Å². The summed E-state index contributed by atoms with van der Waals surface area (Å²) >= 11 is 6.24. The standard InChI is InChI=1S/C28H32ClN5O/c1-33-15-13-31-26(33)24-16-20(19-6-3-2-4-7-19)11-14-34(24)27(35)22-17-30-18-28(22)12-5-8-23-21(28)9-10-25(29)32-23/h2-4,6-7,9-10,13,15,20,22,24,30H,5,8,11-12,14,16-18H2,1H3/p+1/t20-,22+,24+,28+/m1/s1. The zero-order valence-electron chi connectivity index (χ0n) is 20.2. The number of aromatic nitrogens is 3. The van der Waals surface area contributed by atoms with Crippen LogP contribution >= 0.6 is 11.6 Å². The van der Waals surface area contributed by atoms with Crippen LogP contribution in [-0.2, 0) is 23.7 Å². The van der Waals surface area contributed by atoms with Crippen molar-refractivity contribution in [2.24, 2.45) is 13.0 Å². The van der Waals surface area contributed by atoms with Gasteiger partial charge in [0.1, 0.15) is 16.9 Å². The summed E-state index contributed by atoms with van der Waals surface area (Å²) in [5.41, 5.74) is 3.52. The molecule has 1 aromatic carbocycles. The summed E-state index contributed by atoms with van der Waals surface area (Å²) in [5.74, 6) is 1.63. The number of nitrogens with zero attached hydrogens (tertiary/aromatic N) is 4. The lowest BCUT2D eigenvalue weighted by Gasteiger charge is -2.43. The highest BCUT2D eigenvalue weighted by molar-refractivity contribution is 6.29. The van der Waals surface area contributed by atoms with Crippen molar-refractivity contribution in [1.29, 1.82) is 0 Å². The highest BCUT2D eigenvalue weighted by atomic mass is 35.5. The molecule has 2 aliphatic heterocycles. The Kier molecular flexibility index (Phi) is 5.89. The summed E-state index contributed by atoms with van der Waals surface area (Å²) in [7, 11) is 2.04. The number of hydrogen-bond acceptors (Lipinski definition) is 3. The van der Waals surface area contributed by atoms with Gasteiger partial charge in [-0.3, -0.25) is 4.79 Å². The fourth-order valence-electron chi connectivity index (χ4n) is 7.01. The minimum Gasteiger partial charge on any atom is -0.345 e. The normalized spacial score (nSPS) is 28.3. The van der Waals surface area contributed by atoms with Crippen LogP contribution in [-0.4, -0.2) is 45.0 Å². The number of halogens is 1. The van der Waals surface area contributed by atoms with Gasteiger partial charge in [0.25, 0.3) is 0 Å². The number of amides is 1. The van der Waals surface area contributed by atoms with Gasteiger partial charge in [-0.25, -0.2) is 9.97 Å². The maximum atomic E-state index is 14.4. The van der Waals surface area contributed by atoms with Crippen LogP contribution in [0, 0.1) is 5.92 Å². The minimum absolute atomic E-state index is 0.0227. The molecular weight excluding hydrogens is 458 g/mol. The first-order chi connectivity index (χ1) is 17.1. The molecule has 4 atom stereocenters. The number of pyridine rings is 1. The van der Waals surface area contributed by atoms with Crippen molar-refractivity contribution < 1.29 is 10.1 Å². The second-order valence-electron chi connectivity index (χ2n) is 10.5. The Hall–Kier alpha value is -2.70. The zero-order chi connectivity index (χ0) is 24.0. The van der Waals surface area contributed by atoms with Gasteiger partial charge in [0.15, 0.2) is 0 Å². The molecule has 2 aromatic heterocycles. The van der Waals surface area contributed by atoms with Gasteiger partial charge >= 0.3 is 0 Å². The zero-order valence-corrected chi connectivity index (χ0v) is 21.0. The van der Waals surface area contributed by atoms with Crippen LogP contribution in [0.2, 0.25) is 5.15 Å². The molecule has 0 unspecified atom stereocenters. The number of benzene rings is 1. The largest absolute Gasteiger partial charge is 0.345 e. The number of likely N-dealkylation sites (tertiary alicyclic amines) is 1. The topological polar surface area (TPSA) is 67.6 Å². The van der Waals surface area contributed by atoms with Crippen molar-refractivity contribution in [3.8, 4) is 0 Å². The number of rotatable bonds is 3. The van der Waals surface area contributed by atoms with Crippen LogP contribution in [0.15, 0.2) is 54.9 Å². The van der Waals surface area contributed by atoms with Gasteiger partial charge < -0.3 is 14.8 Å². The third-order valence-corrected chi connectivity index (χ3v) is 8.91. The second kappa shape index (κ2) is 9.07. The molecule has 1 amide bonds. The van der Waals surface area contributed by atoms with E-state index >= 15 is 0 Å². The molecule has 4 heterocycles. The van der Waals surface area contributed by atoms with Crippen LogP contribution < -0.4 is 5.32 Å². The van der Waals surface area contributed by atoms with Crippen LogP contribution in [0.3, 0.4) is 0 Å². The van der Waals surface area contributed by atoms with Crippen LogP contribution in [0.4, 0.5) is 0 Å². The van der Waals surface area contributed by atoms with E-state index < -0.39 is 0 Å². The van der Waals surface area contributed by atoms with E-state index in [-0.39, 0.29) is 23.3 Å². The SMILES string of the molecule is Cn1ccnc1[C@@H]1C[C@H](c2ccccc2)CCN1C(=O)[C@@H]1C[NH2+]C[C@]12CCCc1nc(Cl)ccc12. The molecule has 182 valence electrons. The Morgan fingerprint density at radius 2 is 2.06 bits per heavy atom. The minimum atomic E-state index is -0.162. The Labute approximate surface area is 211 Å². The molecule has 1 aliphatic carbocycles. The molecule has 3 aromatic rings.